The molecule has 2 aromatic heterocycles. The predicted molar refractivity (Wildman–Crippen MR) is 104 cm³/mol. The number of nitrogens with zero attached hydrogens (tertiary/aromatic N) is 3. The number of thiazole rings is 1. The molecule has 0 unspecified atom stereocenters. The van der Waals surface area contributed by atoms with Crippen LogP contribution in [0.25, 0.3) is 22.4 Å². The number of benzene rings is 2. The van der Waals surface area contributed by atoms with E-state index in [1.54, 1.807) is 24.3 Å². The molecule has 0 bridgehead atoms. The topological polar surface area (TPSA) is 73.6 Å². The summed E-state index contributed by atoms with van der Waals surface area (Å²) in [5, 5.41) is 4.38. The zero-order chi connectivity index (χ0) is 19.0. The van der Waals surface area contributed by atoms with Gasteiger partial charge in [-0.3, -0.25) is 9.59 Å². The van der Waals surface area contributed by atoms with Gasteiger partial charge in [-0.05, 0) is 36.3 Å². The van der Waals surface area contributed by atoms with Gasteiger partial charge in [0.25, 0.3) is 5.56 Å². The number of carbonyl (C=O) groups excluding carboxylic acids is 1. The second kappa shape index (κ2) is 6.77. The molecule has 0 saturated heterocycles. The molecule has 4 rings (SSSR count). The number of aryl methyl sites for hydroxylation is 1. The molecule has 2 aromatic carbocycles. The van der Waals surface area contributed by atoms with Crippen LogP contribution in [0.2, 0.25) is 0 Å². The normalized spacial score (nSPS) is 11.9. The molecule has 0 amide bonds. The largest absolute Gasteiger partial charge is 0.427 e. The van der Waals surface area contributed by atoms with Crippen molar-refractivity contribution >= 4 is 28.3 Å². The fourth-order valence-electron chi connectivity index (χ4n) is 2.76. The number of hydrogen-bond acceptors (Lipinski definition) is 6. The first-order valence-corrected chi connectivity index (χ1v) is 9.09. The minimum absolute atomic E-state index is 0.222. The standard InChI is InChI=1S/C20H15N3O3S/c1-12-6-3-4-9-16(12)18-21-20-23(22-18)19(25)17(27-20)11-14-7-5-8-15(10-14)26-13(2)24/h3-11H,1-2H3/b17-11-. The molecular formula is C20H15N3O3S. The van der Waals surface area contributed by atoms with Crippen LogP contribution in [0.15, 0.2) is 53.3 Å². The molecule has 0 saturated carbocycles. The van der Waals surface area contributed by atoms with Crippen LogP contribution in [-0.2, 0) is 4.79 Å². The molecule has 6 nitrogen and oxygen atoms in total. The molecule has 2 heterocycles. The van der Waals surface area contributed by atoms with Gasteiger partial charge in [0.1, 0.15) is 5.75 Å². The van der Waals surface area contributed by atoms with E-state index in [1.807, 2.05) is 37.3 Å². The van der Waals surface area contributed by atoms with Crippen LogP contribution in [0, 0.1) is 6.92 Å². The molecule has 0 atom stereocenters. The van der Waals surface area contributed by atoms with E-state index in [-0.39, 0.29) is 11.5 Å². The molecule has 0 fully saturated rings. The van der Waals surface area contributed by atoms with E-state index in [4.69, 9.17) is 4.74 Å². The summed E-state index contributed by atoms with van der Waals surface area (Å²) in [4.78, 5) is 28.8. The Kier molecular flexibility index (Phi) is 4.29. The third-order valence-electron chi connectivity index (χ3n) is 3.99. The molecule has 27 heavy (non-hydrogen) atoms. The van der Waals surface area contributed by atoms with E-state index >= 15 is 0 Å². The number of carbonyl (C=O) groups is 1. The maximum Gasteiger partial charge on any atom is 0.308 e. The Hall–Kier alpha value is -3.32. The van der Waals surface area contributed by atoms with Crippen LogP contribution in [0.3, 0.4) is 0 Å². The lowest BCUT2D eigenvalue weighted by Crippen LogP contribution is -2.23. The smallest absolute Gasteiger partial charge is 0.308 e. The summed E-state index contributed by atoms with van der Waals surface area (Å²) in [5.41, 5.74) is 2.50. The SMILES string of the molecule is CC(=O)Oc1cccc(/C=c2\sc3nc(-c4ccccc4C)nn3c2=O)c1. The van der Waals surface area contributed by atoms with E-state index in [0.29, 0.717) is 21.1 Å². The Balaban J connectivity index is 1.76. The Labute approximate surface area is 158 Å². The monoisotopic (exact) mass is 377 g/mol. The maximum atomic E-state index is 12.7. The van der Waals surface area contributed by atoms with E-state index in [1.165, 1.54) is 22.8 Å². The summed E-state index contributed by atoms with van der Waals surface area (Å²) in [7, 11) is 0. The van der Waals surface area contributed by atoms with Crippen molar-refractivity contribution in [2.75, 3.05) is 0 Å². The van der Waals surface area contributed by atoms with Gasteiger partial charge in [-0.15, -0.1) is 5.10 Å². The van der Waals surface area contributed by atoms with E-state index < -0.39 is 0 Å². The predicted octanol–water partition coefficient (Wildman–Crippen LogP) is 2.60. The molecule has 0 N–H and O–H groups in total. The van der Waals surface area contributed by atoms with Gasteiger partial charge in [0.05, 0.1) is 4.53 Å². The van der Waals surface area contributed by atoms with Crippen molar-refractivity contribution in [1.29, 1.82) is 0 Å². The Bertz CT molecular complexity index is 1270. The van der Waals surface area contributed by atoms with Crippen LogP contribution in [0.1, 0.15) is 18.1 Å². The molecule has 0 spiro atoms. The lowest BCUT2D eigenvalue weighted by atomic mass is 10.1. The van der Waals surface area contributed by atoms with Crippen LogP contribution in [0.5, 0.6) is 5.75 Å². The van der Waals surface area contributed by atoms with Gasteiger partial charge in [-0.1, -0.05) is 47.7 Å². The second-order valence-corrected chi connectivity index (χ2v) is 7.04. The second-order valence-electron chi connectivity index (χ2n) is 6.03. The molecule has 0 aliphatic rings. The quantitative estimate of drug-likeness (QED) is 0.405. The number of aromatic nitrogens is 3. The maximum absolute atomic E-state index is 12.7. The molecule has 7 heteroatoms. The molecule has 0 aliphatic heterocycles. The minimum Gasteiger partial charge on any atom is -0.427 e. The van der Waals surface area contributed by atoms with Crippen molar-refractivity contribution in [2.24, 2.45) is 0 Å². The lowest BCUT2D eigenvalue weighted by Gasteiger charge is -2.01. The number of hydrogen-bond donors (Lipinski definition) is 0. The van der Waals surface area contributed by atoms with Crippen molar-refractivity contribution < 1.29 is 9.53 Å². The van der Waals surface area contributed by atoms with Gasteiger partial charge >= 0.3 is 5.97 Å². The zero-order valence-corrected chi connectivity index (χ0v) is 15.5. The Morgan fingerprint density at radius 3 is 2.74 bits per heavy atom. The average molecular weight is 377 g/mol. The Morgan fingerprint density at radius 2 is 2.00 bits per heavy atom. The third kappa shape index (κ3) is 3.37. The Morgan fingerprint density at radius 1 is 1.19 bits per heavy atom. The van der Waals surface area contributed by atoms with E-state index in [2.05, 4.69) is 10.1 Å². The van der Waals surface area contributed by atoms with Crippen LogP contribution < -0.4 is 14.8 Å². The highest BCUT2D eigenvalue weighted by molar-refractivity contribution is 7.15. The van der Waals surface area contributed by atoms with E-state index in [9.17, 15) is 9.59 Å². The van der Waals surface area contributed by atoms with Gasteiger partial charge in [0, 0.05) is 12.5 Å². The van der Waals surface area contributed by atoms with Crippen LogP contribution in [0.4, 0.5) is 0 Å². The summed E-state index contributed by atoms with van der Waals surface area (Å²) in [6.45, 7) is 3.33. The first-order chi connectivity index (χ1) is 13.0. The van der Waals surface area contributed by atoms with Crippen molar-refractivity contribution in [3.8, 4) is 17.1 Å². The molecule has 134 valence electrons. The summed E-state index contributed by atoms with van der Waals surface area (Å²) < 4.78 is 6.92. The number of esters is 1. The molecular weight excluding hydrogens is 362 g/mol. The third-order valence-corrected chi connectivity index (χ3v) is 4.94. The highest BCUT2D eigenvalue weighted by atomic mass is 32.1. The van der Waals surface area contributed by atoms with Crippen molar-refractivity contribution in [3.63, 3.8) is 0 Å². The average Bonchev–Trinajstić information content (AvgIpc) is 3.15. The number of ether oxygens (including phenoxy) is 1. The highest BCUT2D eigenvalue weighted by Crippen LogP contribution is 2.20. The van der Waals surface area contributed by atoms with Crippen molar-refractivity contribution in [3.05, 3.63) is 74.5 Å². The lowest BCUT2D eigenvalue weighted by molar-refractivity contribution is -0.131. The highest BCUT2D eigenvalue weighted by Gasteiger charge is 2.13. The first kappa shape index (κ1) is 17.1. The van der Waals surface area contributed by atoms with Crippen LogP contribution in [-0.4, -0.2) is 20.6 Å². The first-order valence-electron chi connectivity index (χ1n) is 8.27. The van der Waals surface area contributed by atoms with Gasteiger partial charge in [0.2, 0.25) is 4.96 Å². The summed E-state index contributed by atoms with van der Waals surface area (Å²) in [6.07, 6.45) is 1.74. The molecule has 0 radical (unpaired) electrons. The molecule has 0 aliphatic carbocycles. The minimum atomic E-state index is -0.390. The van der Waals surface area contributed by atoms with Crippen molar-refractivity contribution in [1.82, 2.24) is 14.6 Å². The van der Waals surface area contributed by atoms with Gasteiger partial charge in [-0.2, -0.15) is 9.50 Å². The van der Waals surface area contributed by atoms with E-state index in [0.717, 1.165) is 16.7 Å². The summed E-state index contributed by atoms with van der Waals surface area (Å²) in [6, 6.07) is 14.8. The number of fused-ring (bicyclic) bond motifs is 1. The number of rotatable bonds is 3. The van der Waals surface area contributed by atoms with Gasteiger partial charge in [-0.25, -0.2) is 0 Å². The zero-order valence-electron chi connectivity index (χ0n) is 14.7. The van der Waals surface area contributed by atoms with Gasteiger partial charge < -0.3 is 4.74 Å². The van der Waals surface area contributed by atoms with Crippen LogP contribution >= 0.6 is 11.3 Å². The summed E-state index contributed by atoms with van der Waals surface area (Å²) in [5.74, 6) is 0.587. The molecule has 4 aromatic rings. The van der Waals surface area contributed by atoms with Gasteiger partial charge in [0.15, 0.2) is 5.82 Å². The van der Waals surface area contributed by atoms with Crippen molar-refractivity contribution in [2.45, 2.75) is 13.8 Å². The fourth-order valence-corrected chi connectivity index (χ4v) is 3.66. The fraction of sp³-hybridized carbons (Fsp3) is 0.100. The summed E-state index contributed by atoms with van der Waals surface area (Å²) >= 11 is 1.27.